The number of nitrogens with zero attached hydrogens (tertiary/aromatic N) is 2. The Morgan fingerprint density at radius 1 is 1.06 bits per heavy atom. The Morgan fingerprint density at radius 2 is 1.68 bits per heavy atom. The van der Waals surface area contributed by atoms with Crippen molar-refractivity contribution in [1.82, 2.24) is 4.90 Å². The van der Waals surface area contributed by atoms with Crippen LogP contribution in [0.5, 0.6) is 0 Å². The minimum atomic E-state index is -1.03. The molecule has 2 aromatic carbocycles. The number of amides is 1. The number of benzene rings is 2. The maximum absolute atomic E-state index is 12.8. The molecule has 9 nitrogen and oxygen atoms in total. The predicted molar refractivity (Wildman–Crippen MR) is 113 cm³/mol. The molecule has 0 saturated carbocycles. The molecule has 10 heteroatoms. The number of carbonyl (C=O) groups excluding carboxylic acids is 2. The minimum Gasteiger partial charge on any atom is -0.507 e. The van der Waals surface area contributed by atoms with Crippen molar-refractivity contribution in [3.63, 3.8) is 0 Å². The number of Topliss-reactive ketones (excluding diaryl/α,β-unsaturated/α-hetero) is 1. The van der Waals surface area contributed by atoms with Gasteiger partial charge in [0.2, 0.25) is 0 Å². The molecular formula is C21H17BrN2O7. The molecule has 0 unspecified atom stereocenters. The number of carboxylic acids is 1. The Hall–Kier alpha value is -3.53. The molecule has 0 spiro atoms. The quantitative estimate of drug-likeness (QED) is 0.199. The first-order valence-corrected chi connectivity index (χ1v) is 10.0. The molecule has 0 aliphatic carbocycles. The summed E-state index contributed by atoms with van der Waals surface area (Å²) in [5.41, 5.74) is 0.365. The topological polar surface area (TPSA) is 138 Å². The molecule has 0 radical (unpaired) electrons. The van der Waals surface area contributed by atoms with E-state index >= 15 is 0 Å². The van der Waals surface area contributed by atoms with Crippen molar-refractivity contribution >= 4 is 45.0 Å². The van der Waals surface area contributed by atoms with Crippen LogP contribution in [0.2, 0.25) is 0 Å². The highest BCUT2D eigenvalue weighted by molar-refractivity contribution is 9.10. The van der Waals surface area contributed by atoms with Gasteiger partial charge in [0.15, 0.2) is 0 Å². The smallest absolute Gasteiger partial charge is 0.303 e. The second-order valence-electron chi connectivity index (χ2n) is 6.85. The highest BCUT2D eigenvalue weighted by atomic mass is 79.9. The maximum Gasteiger partial charge on any atom is 0.303 e. The Bertz CT molecular complexity index is 1080. The molecule has 3 rings (SSSR count). The molecule has 1 saturated heterocycles. The Labute approximate surface area is 184 Å². The van der Waals surface area contributed by atoms with E-state index in [1.165, 1.54) is 29.2 Å². The maximum atomic E-state index is 12.8. The largest absolute Gasteiger partial charge is 0.507 e. The van der Waals surface area contributed by atoms with Crippen LogP contribution >= 0.6 is 15.9 Å². The number of rotatable bonds is 7. The zero-order valence-corrected chi connectivity index (χ0v) is 17.6. The number of hydrogen-bond acceptors (Lipinski definition) is 6. The number of likely N-dealkylation sites (tertiary alicyclic amines) is 1. The van der Waals surface area contributed by atoms with Crippen molar-refractivity contribution in [3.8, 4) is 0 Å². The van der Waals surface area contributed by atoms with Crippen LogP contribution in [0.15, 0.2) is 58.6 Å². The van der Waals surface area contributed by atoms with Gasteiger partial charge in [-0.15, -0.1) is 0 Å². The molecule has 0 bridgehead atoms. The first-order chi connectivity index (χ1) is 14.7. The fraction of sp³-hybridized carbons (Fsp3) is 0.190. The summed E-state index contributed by atoms with van der Waals surface area (Å²) >= 11 is 3.32. The zero-order valence-electron chi connectivity index (χ0n) is 16.0. The SMILES string of the molecule is O=C(O)CCCN1C(=O)C(=O)C(=C(O)c2ccc([N+](=O)[O-])cc2)[C@H]1c1ccc(Br)cc1. The van der Waals surface area contributed by atoms with Gasteiger partial charge in [-0.05, 0) is 36.2 Å². The summed E-state index contributed by atoms with van der Waals surface area (Å²) in [6, 6.07) is 10.9. The fourth-order valence-corrected chi connectivity index (χ4v) is 3.66. The van der Waals surface area contributed by atoms with E-state index in [2.05, 4.69) is 15.9 Å². The lowest BCUT2D eigenvalue weighted by Gasteiger charge is -2.25. The molecule has 160 valence electrons. The van der Waals surface area contributed by atoms with Crippen LogP contribution < -0.4 is 0 Å². The van der Waals surface area contributed by atoms with Gasteiger partial charge >= 0.3 is 5.97 Å². The van der Waals surface area contributed by atoms with E-state index in [1.54, 1.807) is 24.3 Å². The third-order valence-corrected chi connectivity index (χ3v) is 5.40. The van der Waals surface area contributed by atoms with Crippen molar-refractivity contribution in [3.05, 3.63) is 79.8 Å². The molecule has 2 N–H and O–H groups in total. The number of ketones is 1. The average molecular weight is 489 g/mol. The summed E-state index contributed by atoms with van der Waals surface area (Å²) in [6.45, 7) is 0.00858. The summed E-state index contributed by atoms with van der Waals surface area (Å²) in [6.07, 6.45) is -0.0502. The Kier molecular flexibility index (Phi) is 6.50. The first-order valence-electron chi connectivity index (χ1n) is 9.21. The van der Waals surface area contributed by atoms with Crippen LogP contribution in [0.4, 0.5) is 5.69 Å². The zero-order chi connectivity index (χ0) is 22.7. The van der Waals surface area contributed by atoms with Crippen LogP contribution in [0, 0.1) is 10.1 Å². The van der Waals surface area contributed by atoms with Gasteiger partial charge < -0.3 is 15.1 Å². The number of aliphatic hydroxyl groups is 1. The minimum absolute atomic E-state index is 0.00858. The standard InChI is InChI=1S/C21H17BrN2O7/c22-14-7-3-12(4-8-14)18-17(19(27)13-5-9-15(10-6-13)24(30)31)20(28)21(29)23(18)11-1-2-16(25)26/h3-10,18,27H,1-2,11H2,(H,25,26)/t18-/m1/s1. The lowest BCUT2D eigenvalue weighted by molar-refractivity contribution is -0.384. The summed E-state index contributed by atoms with van der Waals surface area (Å²) < 4.78 is 0.773. The summed E-state index contributed by atoms with van der Waals surface area (Å²) in [5.74, 6) is -3.23. The molecular weight excluding hydrogens is 472 g/mol. The van der Waals surface area contributed by atoms with Crippen molar-refractivity contribution in [2.75, 3.05) is 6.54 Å². The second-order valence-corrected chi connectivity index (χ2v) is 7.76. The third-order valence-electron chi connectivity index (χ3n) is 4.87. The van der Waals surface area contributed by atoms with Crippen molar-refractivity contribution in [1.29, 1.82) is 0 Å². The molecule has 1 aliphatic rings. The van der Waals surface area contributed by atoms with Gasteiger partial charge in [-0.1, -0.05) is 28.1 Å². The van der Waals surface area contributed by atoms with Gasteiger partial charge in [0.1, 0.15) is 5.76 Å². The van der Waals surface area contributed by atoms with E-state index in [-0.39, 0.29) is 36.2 Å². The molecule has 1 amide bonds. The highest BCUT2D eigenvalue weighted by Crippen LogP contribution is 2.40. The number of hydrogen-bond donors (Lipinski definition) is 2. The van der Waals surface area contributed by atoms with Crippen molar-refractivity contribution in [2.45, 2.75) is 18.9 Å². The van der Waals surface area contributed by atoms with Crippen LogP contribution in [0.1, 0.15) is 30.0 Å². The van der Waals surface area contributed by atoms with Gasteiger partial charge in [0.25, 0.3) is 17.4 Å². The number of carbonyl (C=O) groups is 3. The molecule has 0 aromatic heterocycles. The number of non-ortho nitro benzene ring substituents is 1. The van der Waals surface area contributed by atoms with Gasteiger partial charge in [0, 0.05) is 35.1 Å². The highest BCUT2D eigenvalue weighted by Gasteiger charge is 2.45. The van der Waals surface area contributed by atoms with E-state index in [0.717, 1.165) is 4.47 Å². The second kappa shape index (κ2) is 9.09. The normalized spacial score (nSPS) is 17.7. The summed E-state index contributed by atoms with van der Waals surface area (Å²) in [5, 5.41) is 30.6. The molecule has 1 atom stereocenters. The fourth-order valence-electron chi connectivity index (χ4n) is 3.40. The van der Waals surface area contributed by atoms with E-state index in [4.69, 9.17) is 5.11 Å². The van der Waals surface area contributed by atoms with Gasteiger partial charge in [-0.2, -0.15) is 0 Å². The monoisotopic (exact) mass is 488 g/mol. The molecule has 1 fully saturated rings. The van der Waals surface area contributed by atoms with Crippen molar-refractivity contribution in [2.24, 2.45) is 0 Å². The Morgan fingerprint density at radius 3 is 2.23 bits per heavy atom. The first kappa shape index (κ1) is 22.2. The number of aliphatic carboxylic acids is 1. The summed E-state index contributed by atoms with van der Waals surface area (Å²) in [4.78, 5) is 47.9. The van der Waals surface area contributed by atoms with Gasteiger partial charge in [-0.25, -0.2) is 0 Å². The Balaban J connectivity index is 2.08. The predicted octanol–water partition coefficient (Wildman–Crippen LogP) is 3.64. The number of nitro benzene ring substituents is 1. The van der Waals surface area contributed by atoms with Crippen molar-refractivity contribution < 1.29 is 29.5 Å². The summed E-state index contributed by atoms with van der Waals surface area (Å²) in [7, 11) is 0. The number of halogens is 1. The van der Waals surface area contributed by atoms with E-state index in [9.17, 15) is 29.6 Å². The molecule has 1 heterocycles. The van der Waals surface area contributed by atoms with E-state index < -0.39 is 34.4 Å². The van der Waals surface area contributed by atoms with Crippen LogP contribution in [0.25, 0.3) is 5.76 Å². The lowest BCUT2D eigenvalue weighted by Crippen LogP contribution is -2.31. The van der Waals surface area contributed by atoms with Crippen LogP contribution in [-0.4, -0.2) is 44.2 Å². The van der Waals surface area contributed by atoms with Gasteiger partial charge in [0.05, 0.1) is 16.5 Å². The van der Waals surface area contributed by atoms with E-state index in [1.807, 2.05) is 0 Å². The number of aliphatic hydroxyl groups excluding tert-OH is 1. The molecule has 31 heavy (non-hydrogen) atoms. The lowest BCUT2D eigenvalue weighted by atomic mass is 9.95. The van der Waals surface area contributed by atoms with Crippen LogP contribution in [0.3, 0.4) is 0 Å². The van der Waals surface area contributed by atoms with Crippen LogP contribution in [-0.2, 0) is 14.4 Å². The molecule has 2 aromatic rings. The number of nitro groups is 1. The average Bonchev–Trinajstić information content (AvgIpc) is 2.98. The van der Waals surface area contributed by atoms with E-state index in [0.29, 0.717) is 5.56 Å². The molecule has 1 aliphatic heterocycles. The third kappa shape index (κ3) is 4.64. The number of carboxylic acid groups (broad SMARTS) is 1. The van der Waals surface area contributed by atoms with Gasteiger partial charge in [-0.3, -0.25) is 24.5 Å².